The molecular weight excluding hydrogens is 174 g/mol. The number of azide groups is 1. The van der Waals surface area contributed by atoms with Gasteiger partial charge < -0.3 is 14.9 Å². The summed E-state index contributed by atoms with van der Waals surface area (Å²) in [6.07, 6.45) is 0.140. The second-order valence-electron chi connectivity index (χ2n) is 2.75. The maximum absolute atomic E-state index is 8.87. The van der Waals surface area contributed by atoms with Crippen molar-refractivity contribution < 1.29 is 14.9 Å². The molecule has 0 aliphatic rings. The molecule has 0 spiro atoms. The van der Waals surface area contributed by atoms with E-state index in [0.717, 1.165) is 0 Å². The maximum Gasteiger partial charge on any atom is 0.0838 e. The summed E-state index contributed by atoms with van der Waals surface area (Å²) in [6, 6.07) is -0.529. The van der Waals surface area contributed by atoms with E-state index in [1.807, 2.05) is 0 Å². The van der Waals surface area contributed by atoms with Gasteiger partial charge in [-0.05, 0) is 18.9 Å². The Morgan fingerprint density at radius 2 is 2.31 bits per heavy atom. The molecule has 6 heteroatoms. The minimum Gasteiger partial charge on any atom is -0.396 e. The van der Waals surface area contributed by atoms with Gasteiger partial charge in [-0.15, -0.1) is 0 Å². The first kappa shape index (κ1) is 12.2. The average molecular weight is 189 g/mol. The number of ether oxygens (including phenoxy) is 1. The van der Waals surface area contributed by atoms with E-state index in [1.54, 1.807) is 6.92 Å². The molecule has 6 nitrogen and oxygen atoms in total. The highest BCUT2D eigenvalue weighted by Gasteiger charge is 2.04. The molecule has 0 fully saturated rings. The first-order valence-electron chi connectivity index (χ1n) is 4.11. The molecule has 13 heavy (non-hydrogen) atoms. The summed E-state index contributed by atoms with van der Waals surface area (Å²) in [6.45, 7) is 2.03. The third-order valence-corrected chi connectivity index (χ3v) is 1.42. The highest BCUT2D eigenvalue weighted by atomic mass is 16.5. The minimum atomic E-state index is -0.529. The van der Waals surface area contributed by atoms with Gasteiger partial charge in [0, 0.05) is 11.5 Å². The van der Waals surface area contributed by atoms with E-state index in [0.29, 0.717) is 13.0 Å². The van der Waals surface area contributed by atoms with Gasteiger partial charge >= 0.3 is 0 Å². The summed E-state index contributed by atoms with van der Waals surface area (Å²) in [5, 5.41) is 20.8. The Balaban J connectivity index is 3.43. The van der Waals surface area contributed by atoms with E-state index in [4.69, 9.17) is 20.5 Å². The maximum atomic E-state index is 8.87. The number of nitrogens with zero attached hydrogens (tertiary/aromatic N) is 3. The normalized spacial score (nSPS) is 14.7. The summed E-state index contributed by atoms with van der Waals surface area (Å²) < 4.78 is 5.07. The monoisotopic (exact) mass is 189 g/mol. The zero-order chi connectivity index (χ0) is 10.1. The predicted molar refractivity (Wildman–Crippen MR) is 47.1 cm³/mol. The van der Waals surface area contributed by atoms with Gasteiger partial charge in [-0.25, -0.2) is 0 Å². The fraction of sp³-hybridized carbons (Fsp3) is 1.00. The van der Waals surface area contributed by atoms with Crippen molar-refractivity contribution in [3.8, 4) is 0 Å². The van der Waals surface area contributed by atoms with E-state index >= 15 is 0 Å². The lowest BCUT2D eigenvalue weighted by molar-refractivity contribution is 0.0713. The molecule has 0 amide bonds. The van der Waals surface area contributed by atoms with E-state index in [9.17, 15) is 0 Å². The number of hydrogen-bond donors (Lipinski definition) is 2. The van der Waals surface area contributed by atoms with Crippen LogP contribution in [0.25, 0.3) is 10.4 Å². The molecule has 76 valence electrons. The second kappa shape index (κ2) is 7.82. The third-order valence-electron chi connectivity index (χ3n) is 1.42. The minimum absolute atomic E-state index is 0.188. The predicted octanol–water partition coefficient (Wildman–Crippen LogP) is 0.445. The van der Waals surface area contributed by atoms with Crippen LogP contribution in [0.2, 0.25) is 0 Å². The van der Waals surface area contributed by atoms with Crippen molar-refractivity contribution >= 4 is 0 Å². The van der Waals surface area contributed by atoms with E-state index in [2.05, 4.69) is 10.0 Å². The van der Waals surface area contributed by atoms with Gasteiger partial charge in [-0.1, -0.05) is 5.11 Å². The molecule has 0 aromatic carbocycles. The van der Waals surface area contributed by atoms with Gasteiger partial charge in [0.15, 0.2) is 0 Å². The lowest BCUT2D eigenvalue weighted by Gasteiger charge is -2.09. The molecule has 0 bridgehead atoms. The summed E-state index contributed by atoms with van der Waals surface area (Å²) in [5.74, 6) is 0. The Morgan fingerprint density at radius 1 is 1.62 bits per heavy atom. The van der Waals surface area contributed by atoms with Gasteiger partial charge in [0.05, 0.1) is 25.4 Å². The van der Waals surface area contributed by atoms with Crippen molar-refractivity contribution in [1.29, 1.82) is 0 Å². The van der Waals surface area contributed by atoms with Crippen LogP contribution in [0, 0.1) is 0 Å². The van der Waals surface area contributed by atoms with Crippen LogP contribution in [0.4, 0.5) is 0 Å². The number of aliphatic hydroxyl groups is 2. The Kier molecular flexibility index (Phi) is 7.33. The van der Waals surface area contributed by atoms with E-state index < -0.39 is 12.1 Å². The molecule has 0 aliphatic carbocycles. The van der Waals surface area contributed by atoms with Crippen molar-refractivity contribution in [2.45, 2.75) is 25.5 Å². The number of hydrogen-bond acceptors (Lipinski definition) is 4. The molecular formula is C7H15N3O3. The Hall–Kier alpha value is -0.810. The molecule has 1 unspecified atom stereocenters. The summed E-state index contributed by atoms with van der Waals surface area (Å²) in [5.41, 5.74) is 8.06. The van der Waals surface area contributed by atoms with Crippen LogP contribution in [0.5, 0.6) is 0 Å². The van der Waals surface area contributed by atoms with Crippen LogP contribution in [0.15, 0.2) is 5.11 Å². The van der Waals surface area contributed by atoms with Crippen LogP contribution < -0.4 is 0 Å². The van der Waals surface area contributed by atoms with Gasteiger partial charge in [-0.2, -0.15) is 0 Å². The molecule has 0 aromatic rings. The quantitative estimate of drug-likeness (QED) is 0.263. The van der Waals surface area contributed by atoms with Crippen LogP contribution >= 0.6 is 0 Å². The SMILES string of the molecule is C[C@@H](O)CCOCC(CO)N=[N+]=[N-]. The first-order chi connectivity index (χ1) is 6.20. The van der Waals surface area contributed by atoms with Crippen molar-refractivity contribution in [2.75, 3.05) is 19.8 Å². The topological polar surface area (TPSA) is 98.5 Å². The van der Waals surface area contributed by atoms with Gasteiger partial charge in [0.1, 0.15) is 0 Å². The molecule has 0 saturated heterocycles. The zero-order valence-corrected chi connectivity index (χ0v) is 7.63. The average Bonchev–Trinajstić information content (AvgIpc) is 2.10. The van der Waals surface area contributed by atoms with Crippen molar-refractivity contribution in [2.24, 2.45) is 5.11 Å². The Morgan fingerprint density at radius 3 is 2.77 bits per heavy atom. The molecule has 2 N–H and O–H groups in total. The number of aliphatic hydroxyl groups excluding tert-OH is 2. The van der Waals surface area contributed by atoms with Crippen molar-refractivity contribution in [3.05, 3.63) is 10.4 Å². The second-order valence-corrected chi connectivity index (χ2v) is 2.75. The fourth-order valence-corrected chi connectivity index (χ4v) is 0.669. The molecule has 0 heterocycles. The fourth-order valence-electron chi connectivity index (χ4n) is 0.669. The summed E-state index contributed by atoms with van der Waals surface area (Å²) >= 11 is 0. The van der Waals surface area contributed by atoms with Gasteiger partial charge in [-0.3, -0.25) is 0 Å². The molecule has 0 aromatic heterocycles. The van der Waals surface area contributed by atoms with Crippen molar-refractivity contribution in [1.82, 2.24) is 0 Å². The van der Waals surface area contributed by atoms with Crippen LogP contribution in [-0.4, -0.2) is 42.2 Å². The Labute approximate surface area is 76.8 Å². The summed E-state index contributed by atoms with van der Waals surface area (Å²) in [7, 11) is 0. The zero-order valence-electron chi connectivity index (χ0n) is 7.63. The Bertz CT molecular complexity index is 168. The van der Waals surface area contributed by atoms with Crippen molar-refractivity contribution in [3.63, 3.8) is 0 Å². The standard InChI is InChI=1S/C7H15N3O3/c1-6(12)2-3-13-5-7(4-11)9-10-8/h6-7,11-12H,2-5H2,1H3/t6-,7?/m1/s1. The van der Waals surface area contributed by atoms with Gasteiger partial charge in [0.25, 0.3) is 0 Å². The third kappa shape index (κ3) is 7.55. The summed E-state index contributed by atoms with van der Waals surface area (Å²) in [4.78, 5) is 2.56. The number of rotatable bonds is 7. The van der Waals surface area contributed by atoms with Crippen LogP contribution in [0.3, 0.4) is 0 Å². The highest BCUT2D eigenvalue weighted by molar-refractivity contribution is 4.64. The highest BCUT2D eigenvalue weighted by Crippen LogP contribution is 1.95. The first-order valence-corrected chi connectivity index (χ1v) is 4.11. The molecule has 0 saturated carbocycles. The van der Waals surface area contributed by atoms with Crippen LogP contribution in [0.1, 0.15) is 13.3 Å². The van der Waals surface area contributed by atoms with Crippen LogP contribution in [-0.2, 0) is 4.74 Å². The smallest absolute Gasteiger partial charge is 0.0838 e. The lowest BCUT2D eigenvalue weighted by atomic mass is 10.3. The largest absolute Gasteiger partial charge is 0.396 e. The molecule has 2 atom stereocenters. The molecule has 0 aliphatic heterocycles. The molecule has 0 radical (unpaired) electrons. The van der Waals surface area contributed by atoms with E-state index in [1.165, 1.54) is 0 Å². The molecule has 0 rings (SSSR count). The van der Waals surface area contributed by atoms with E-state index in [-0.39, 0.29) is 13.2 Å². The van der Waals surface area contributed by atoms with Gasteiger partial charge in [0.2, 0.25) is 0 Å². The lowest BCUT2D eigenvalue weighted by Crippen LogP contribution is -2.18.